The van der Waals surface area contributed by atoms with Gasteiger partial charge in [0, 0.05) is 38.3 Å². The number of rotatable bonds is 7. The van der Waals surface area contributed by atoms with Crippen molar-refractivity contribution in [3.63, 3.8) is 0 Å². The highest BCUT2D eigenvalue weighted by Gasteiger charge is 2.18. The summed E-state index contributed by atoms with van der Waals surface area (Å²) in [5.41, 5.74) is 3.29. The molecule has 1 aliphatic rings. The average Bonchev–Trinajstić information content (AvgIpc) is 2.71. The maximum absolute atomic E-state index is 13.8. The molecule has 1 heterocycles. The van der Waals surface area contributed by atoms with E-state index in [2.05, 4.69) is 44.8 Å². The lowest BCUT2D eigenvalue weighted by atomic mass is 10.00. The zero-order valence-corrected chi connectivity index (χ0v) is 19.1. The molecule has 5 nitrogen and oxygen atoms in total. The number of fused-ring (bicyclic) bond motifs is 1. The number of nitrogens with one attached hydrogen (secondary N) is 2. The first-order valence-corrected chi connectivity index (χ1v) is 9.88. The smallest absolute Gasteiger partial charge is 0.191 e. The van der Waals surface area contributed by atoms with Crippen molar-refractivity contribution in [1.82, 2.24) is 15.5 Å². The van der Waals surface area contributed by atoms with Crippen LogP contribution in [0.3, 0.4) is 0 Å². The number of halogens is 2. The van der Waals surface area contributed by atoms with Crippen molar-refractivity contribution in [2.75, 3.05) is 26.2 Å². The highest BCUT2D eigenvalue weighted by atomic mass is 127. The van der Waals surface area contributed by atoms with Crippen LogP contribution in [0.15, 0.2) is 53.5 Å². The Morgan fingerprint density at radius 3 is 2.62 bits per heavy atom. The number of hydrogen-bond acceptors (Lipinski definition) is 3. The van der Waals surface area contributed by atoms with Crippen LogP contribution in [0.4, 0.5) is 4.39 Å². The van der Waals surface area contributed by atoms with Gasteiger partial charge in [0.05, 0.1) is 12.6 Å². The van der Waals surface area contributed by atoms with Crippen molar-refractivity contribution >= 4 is 29.9 Å². The fourth-order valence-corrected chi connectivity index (χ4v) is 3.42. The standard InChI is InChI=1S/C22H29FN4O.HI/c1-2-24-22(25-13-18-8-5-6-10-21(18)23)26-14-20(28)16-27-12-11-17-7-3-4-9-19(17)15-27;/h3-10,20,28H,2,11-16H2,1H3,(H2,24,25,26);1H. The third kappa shape index (κ3) is 7.24. The fourth-order valence-electron chi connectivity index (χ4n) is 3.42. The lowest BCUT2D eigenvalue weighted by Crippen LogP contribution is -2.45. The van der Waals surface area contributed by atoms with Gasteiger partial charge < -0.3 is 15.7 Å². The Kier molecular flexibility index (Phi) is 9.83. The Bertz CT molecular complexity index is 802. The zero-order valence-electron chi connectivity index (χ0n) is 16.8. The first-order chi connectivity index (χ1) is 13.7. The van der Waals surface area contributed by atoms with Gasteiger partial charge in [0.1, 0.15) is 5.82 Å². The number of guanidine groups is 1. The van der Waals surface area contributed by atoms with E-state index in [1.165, 1.54) is 17.2 Å². The van der Waals surface area contributed by atoms with Gasteiger partial charge in [0.2, 0.25) is 0 Å². The van der Waals surface area contributed by atoms with Crippen LogP contribution < -0.4 is 10.6 Å². The molecule has 0 radical (unpaired) electrons. The number of aliphatic hydroxyl groups excluding tert-OH is 1. The van der Waals surface area contributed by atoms with Crippen LogP contribution in [0.25, 0.3) is 0 Å². The normalized spacial score (nSPS) is 15.2. The molecule has 3 N–H and O–H groups in total. The van der Waals surface area contributed by atoms with Crippen LogP contribution in [-0.4, -0.2) is 48.2 Å². The molecule has 0 saturated carbocycles. The molecule has 1 atom stereocenters. The van der Waals surface area contributed by atoms with E-state index in [0.717, 1.165) is 19.5 Å². The maximum Gasteiger partial charge on any atom is 0.191 e. The van der Waals surface area contributed by atoms with Crippen LogP contribution in [0.5, 0.6) is 0 Å². The molecule has 1 unspecified atom stereocenters. The predicted octanol–water partition coefficient (Wildman–Crippen LogP) is 2.92. The van der Waals surface area contributed by atoms with Crippen LogP contribution in [0.1, 0.15) is 23.6 Å². The van der Waals surface area contributed by atoms with E-state index < -0.39 is 6.10 Å². The average molecular weight is 512 g/mol. The van der Waals surface area contributed by atoms with Gasteiger partial charge >= 0.3 is 0 Å². The summed E-state index contributed by atoms with van der Waals surface area (Å²) in [7, 11) is 0. The molecule has 7 heteroatoms. The number of aliphatic imine (C=N–C) groups is 1. The summed E-state index contributed by atoms with van der Waals surface area (Å²) in [6, 6.07) is 15.1. The number of hydrogen-bond donors (Lipinski definition) is 3. The quantitative estimate of drug-likeness (QED) is 0.304. The first kappa shape index (κ1) is 23.6. The molecule has 0 saturated heterocycles. The van der Waals surface area contributed by atoms with Crippen molar-refractivity contribution in [2.45, 2.75) is 32.5 Å². The first-order valence-electron chi connectivity index (χ1n) is 9.88. The summed E-state index contributed by atoms with van der Waals surface area (Å²) in [5, 5.41) is 16.7. The van der Waals surface area contributed by atoms with E-state index in [0.29, 0.717) is 31.2 Å². The lowest BCUT2D eigenvalue weighted by molar-refractivity contribution is 0.108. The van der Waals surface area contributed by atoms with Gasteiger partial charge in [-0.3, -0.25) is 4.90 Å². The summed E-state index contributed by atoms with van der Waals surface area (Å²) in [6.45, 7) is 5.74. The minimum absolute atomic E-state index is 0. The Balaban J connectivity index is 0.00000300. The molecule has 29 heavy (non-hydrogen) atoms. The number of β-amino-alcohol motifs (C(OH)–C–C–N with tert-alkyl or cyclic N) is 1. The highest BCUT2D eigenvalue weighted by molar-refractivity contribution is 14.0. The molecule has 2 aromatic carbocycles. The molecule has 1 aliphatic heterocycles. The largest absolute Gasteiger partial charge is 0.390 e. The molecule has 0 bridgehead atoms. The molecule has 2 aromatic rings. The molecule has 158 valence electrons. The molecule has 0 amide bonds. The van der Waals surface area contributed by atoms with Crippen LogP contribution in [0, 0.1) is 5.82 Å². The molecule has 0 spiro atoms. The van der Waals surface area contributed by atoms with E-state index in [1.807, 2.05) is 6.92 Å². The van der Waals surface area contributed by atoms with Gasteiger partial charge in [-0.1, -0.05) is 42.5 Å². The summed E-state index contributed by atoms with van der Waals surface area (Å²) < 4.78 is 13.8. The Labute approximate surface area is 189 Å². The van der Waals surface area contributed by atoms with Crippen molar-refractivity contribution in [1.29, 1.82) is 0 Å². The summed E-state index contributed by atoms with van der Waals surface area (Å²) in [6.07, 6.45) is 0.505. The van der Waals surface area contributed by atoms with Crippen molar-refractivity contribution < 1.29 is 9.50 Å². The van der Waals surface area contributed by atoms with Gasteiger partial charge in [0.25, 0.3) is 0 Å². The monoisotopic (exact) mass is 512 g/mol. The molecule has 0 fully saturated rings. The third-order valence-corrected chi connectivity index (χ3v) is 4.89. The van der Waals surface area contributed by atoms with E-state index in [4.69, 9.17) is 0 Å². The van der Waals surface area contributed by atoms with Gasteiger partial charge in [-0.25, -0.2) is 9.38 Å². The minimum atomic E-state index is -0.512. The molecular weight excluding hydrogens is 482 g/mol. The van der Waals surface area contributed by atoms with E-state index in [1.54, 1.807) is 18.2 Å². The van der Waals surface area contributed by atoms with Gasteiger partial charge in [-0.05, 0) is 30.5 Å². The molecule has 0 aromatic heterocycles. The molecule has 3 rings (SSSR count). The highest BCUT2D eigenvalue weighted by Crippen LogP contribution is 2.18. The van der Waals surface area contributed by atoms with Crippen molar-refractivity contribution in [3.05, 3.63) is 71.0 Å². The van der Waals surface area contributed by atoms with Gasteiger partial charge in [-0.2, -0.15) is 0 Å². The summed E-state index contributed by atoms with van der Waals surface area (Å²) in [4.78, 5) is 6.70. The number of nitrogens with zero attached hydrogens (tertiary/aromatic N) is 2. The second-order valence-electron chi connectivity index (χ2n) is 7.08. The molecule has 0 aliphatic carbocycles. The fraction of sp³-hybridized carbons (Fsp3) is 0.409. The Morgan fingerprint density at radius 1 is 1.14 bits per heavy atom. The van der Waals surface area contributed by atoms with E-state index >= 15 is 0 Å². The van der Waals surface area contributed by atoms with Crippen LogP contribution >= 0.6 is 24.0 Å². The number of aliphatic hydroxyl groups is 1. The van der Waals surface area contributed by atoms with Gasteiger partial charge in [0.15, 0.2) is 5.96 Å². The second kappa shape index (κ2) is 12.1. The predicted molar refractivity (Wildman–Crippen MR) is 126 cm³/mol. The van der Waals surface area contributed by atoms with Crippen LogP contribution in [0.2, 0.25) is 0 Å². The van der Waals surface area contributed by atoms with Crippen molar-refractivity contribution in [2.24, 2.45) is 4.99 Å². The SMILES string of the molecule is CCNC(=NCc1ccccc1F)NCC(O)CN1CCc2ccccc2C1.I. The third-order valence-electron chi connectivity index (χ3n) is 4.89. The number of benzene rings is 2. The maximum atomic E-state index is 13.8. The van der Waals surface area contributed by atoms with Crippen molar-refractivity contribution in [3.8, 4) is 0 Å². The minimum Gasteiger partial charge on any atom is -0.390 e. The van der Waals surface area contributed by atoms with E-state index in [9.17, 15) is 9.50 Å². The molecular formula is C22H30FIN4O. The summed E-state index contributed by atoms with van der Waals surface area (Å²) >= 11 is 0. The topological polar surface area (TPSA) is 59.9 Å². The lowest BCUT2D eigenvalue weighted by Gasteiger charge is -2.30. The Hall–Kier alpha value is -1.71. The zero-order chi connectivity index (χ0) is 19.8. The Morgan fingerprint density at radius 2 is 1.86 bits per heavy atom. The summed E-state index contributed by atoms with van der Waals surface area (Å²) in [5.74, 6) is 0.321. The van der Waals surface area contributed by atoms with E-state index in [-0.39, 0.29) is 36.3 Å². The van der Waals surface area contributed by atoms with Crippen LogP contribution in [-0.2, 0) is 19.5 Å². The van der Waals surface area contributed by atoms with Gasteiger partial charge in [-0.15, -0.1) is 24.0 Å². The second-order valence-corrected chi connectivity index (χ2v) is 7.08.